The molecule has 0 saturated carbocycles. The average Bonchev–Trinajstić information content (AvgIpc) is 3.36. The van der Waals surface area contributed by atoms with Crippen LogP contribution < -0.4 is 10.3 Å². The maximum absolute atomic E-state index is 13.9. The van der Waals surface area contributed by atoms with Gasteiger partial charge in [0.1, 0.15) is 28.6 Å². The van der Waals surface area contributed by atoms with Crippen LogP contribution in [0, 0.1) is 12.7 Å². The minimum Gasteiger partial charge on any atom is -0.508 e. The Hall–Kier alpha value is -4.31. The van der Waals surface area contributed by atoms with E-state index in [1.54, 1.807) is 19.1 Å². The van der Waals surface area contributed by atoms with E-state index in [9.17, 15) is 23.9 Å². The lowest BCUT2D eigenvalue weighted by Crippen LogP contribution is -2.29. The molecule has 4 aromatic rings. The normalized spacial score (nSPS) is 14.9. The molecule has 1 atom stereocenters. The molecule has 0 spiro atoms. The third kappa shape index (κ3) is 3.68. The highest BCUT2D eigenvalue weighted by Gasteiger charge is 2.45. The van der Waals surface area contributed by atoms with E-state index >= 15 is 0 Å². The summed E-state index contributed by atoms with van der Waals surface area (Å²) in [6.45, 7) is 5.13. The minimum absolute atomic E-state index is 0.00481. The lowest BCUT2D eigenvalue weighted by molar-refractivity contribution is 0.0554. The first-order chi connectivity index (χ1) is 16.8. The molecule has 2 aromatic carbocycles. The molecule has 0 bridgehead atoms. The Labute approximate surface area is 201 Å². The number of hydrogen-bond donors (Lipinski definition) is 1. The largest absolute Gasteiger partial charge is 0.508 e. The molecule has 3 heterocycles. The van der Waals surface area contributed by atoms with Crippen LogP contribution in [0.4, 0.5) is 9.52 Å². The van der Waals surface area contributed by atoms with E-state index in [0.29, 0.717) is 11.3 Å². The van der Waals surface area contributed by atoms with Gasteiger partial charge in [-0.15, -0.1) is 0 Å². The van der Waals surface area contributed by atoms with Crippen molar-refractivity contribution < 1.29 is 28.2 Å². The summed E-state index contributed by atoms with van der Waals surface area (Å²) < 4.78 is 24.8. The van der Waals surface area contributed by atoms with Crippen LogP contribution in [0.25, 0.3) is 11.0 Å². The quantitative estimate of drug-likeness (QED) is 0.323. The van der Waals surface area contributed by atoms with Crippen molar-refractivity contribution in [3.8, 4) is 5.75 Å². The van der Waals surface area contributed by atoms with Gasteiger partial charge in [-0.2, -0.15) is 0 Å². The average molecular weight is 492 g/mol. The van der Waals surface area contributed by atoms with Crippen LogP contribution in [0.15, 0.2) is 64.3 Å². The zero-order chi connectivity index (χ0) is 24.9. The van der Waals surface area contributed by atoms with Crippen molar-refractivity contribution >= 4 is 39.3 Å². The van der Waals surface area contributed by atoms with Gasteiger partial charge in [0.05, 0.1) is 22.7 Å². The SMILES string of the molecule is C=CCOC(=O)c1sc(N2C(=O)c3oc4ccc(F)cc4c(=O)c3[C@H]2c2ccc(O)cc2)nc1C. The molecule has 1 aliphatic rings. The second kappa shape index (κ2) is 8.48. The fourth-order valence-corrected chi connectivity index (χ4v) is 4.98. The summed E-state index contributed by atoms with van der Waals surface area (Å²) in [6, 6.07) is 8.46. The van der Waals surface area contributed by atoms with Gasteiger partial charge in [-0.25, -0.2) is 14.2 Å². The molecule has 0 aliphatic carbocycles. The Kier molecular flexibility index (Phi) is 5.45. The number of hydrogen-bond acceptors (Lipinski definition) is 8. The summed E-state index contributed by atoms with van der Waals surface area (Å²) >= 11 is 0.936. The van der Waals surface area contributed by atoms with Crippen molar-refractivity contribution in [3.05, 3.63) is 98.6 Å². The van der Waals surface area contributed by atoms with Gasteiger partial charge in [-0.05, 0) is 42.8 Å². The lowest BCUT2D eigenvalue weighted by atomic mass is 9.98. The van der Waals surface area contributed by atoms with Crippen molar-refractivity contribution in [2.75, 3.05) is 11.5 Å². The number of carbonyl (C=O) groups excluding carboxylic acids is 2. The summed E-state index contributed by atoms with van der Waals surface area (Å²) in [5.41, 5.74) is 0.357. The van der Waals surface area contributed by atoms with Gasteiger partial charge in [0.25, 0.3) is 5.91 Å². The predicted molar refractivity (Wildman–Crippen MR) is 127 cm³/mol. The van der Waals surface area contributed by atoms with Gasteiger partial charge < -0.3 is 14.3 Å². The van der Waals surface area contributed by atoms with Crippen LogP contribution in [0.2, 0.25) is 0 Å². The van der Waals surface area contributed by atoms with E-state index in [-0.39, 0.29) is 44.7 Å². The van der Waals surface area contributed by atoms with E-state index < -0.39 is 29.2 Å². The first-order valence-corrected chi connectivity index (χ1v) is 11.3. The number of fused-ring (bicyclic) bond motifs is 2. The van der Waals surface area contributed by atoms with Gasteiger partial charge in [0.2, 0.25) is 5.76 Å². The number of aromatic hydroxyl groups is 1. The highest BCUT2D eigenvalue weighted by atomic mass is 32.1. The molecule has 1 amide bonds. The molecular formula is C25H17FN2O6S. The van der Waals surface area contributed by atoms with Crippen LogP contribution in [0.1, 0.15) is 43.1 Å². The second-order valence-electron chi connectivity index (χ2n) is 7.78. The number of benzene rings is 2. The maximum atomic E-state index is 13.9. The molecule has 0 fully saturated rings. The smallest absolute Gasteiger partial charge is 0.350 e. The molecule has 1 aliphatic heterocycles. The summed E-state index contributed by atoms with van der Waals surface area (Å²) in [6.07, 6.45) is 1.43. The van der Waals surface area contributed by atoms with Crippen molar-refractivity contribution in [1.29, 1.82) is 0 Å². The molecule has 0 radical (unpaired) electrons. The van der Waals surface area contributed by atoms with Crippen LogP contribution >= 0.6 is 11.3 Å². The van der Waals surface area contributed by atoms with Crippen LogP contribution in [0.3, 0.4) is 0 Å². The maximum Gasteiger partial charge on any atom is 0.350 e. The van der Waals surface area contributed by atoms with Crippen molar-refractivity contribution in [2.45, 2.75) is 13.0 Å². The highest BCUT2D eigenvalue weighted by molar-refractivity contribution is 7.17. The Morgan fingerprint density at radius 2 is 2.03 bits per heavy atom. The lowest BCUT2D eigenvalue weighted by Gasteiger charge is -2.22. The van der Waals surface area contributed by atoms with Gasteiger partial charge in [0, 0.05) is 0 Å². The third-order valence-corrected chi connectivity index (χ3v) is 6.69. The molecular weight excluding hydrogens is 475 g/mol. The summed E-state index contributed by atoms with van der Waals surface area (Å²) in [5, 5.41) is 9.90. The fourth-order valence-electron chi connectivity index (χ4n) is 3.99. The number of anilines is 1. The van der Waals surface area contributed by atoms with E-state index in [2.05, 4.69) is 11.6 Å². The summed E-state index contributed by atoms with van der Waals surface area (Å²) in [4.78, 5) is 45.4. The molecule has 5 rings (SSSR count). The van der Waals surface area contributed by atoms with E-state index in [1.165, 1.54) is 29.2 Å². The van der Waals surface area contributed by atoms with Gasteiger partial charge >= 0.3 is 5.97 Å². The zero-order valence-corrected chi connectivity index (χ0v) is 19.1. The number of esters is 1. The molecule has 8 nitrogen and oxygen atoms in total. The molecule has 176 valence electrons. The first kappa shape index (κ1) is 22.5. The standard InChI is InChI=1S/C25H17FN2O6S/c1-3-10-33-24(32)22-12(2)27-25(35-22)28-19(13-4-7-15(29)8-5-13)18-20(30)16-11-14(26)6-9-17(16)34-21(18)23(28)31/h3-9,11,19,29H,1,10H2,2H3/t19-/m1/s1. The number of phenols is 1. The highest BCUT2D eigenvalue weighted by Crippen LogP contribution is 2.43. The number of thiazole rings is 1. The van der Waals surface area contributed by atoms with Gasteiger partial charge in [0.15, 0.2) is 10.6 Å². The number of halogens is 1. The number of nitrogens with zero attached hydrogens (tertiary/aromatic N) is 2. The molecule has 10 heteroatoms. The Bertz CT molecular complexity index is 1570. The number of phenolic OH excluding ortho intramolecular Hbond substituents is 1. The Balaban J connectivity index is 1.72. The molecule has 35 heavy (non-hydrogen) atoms. The van der Waals surface area contributed by atoms with Gasteiger partial charge in [-0.1, -0.05) is 36.1 Å². The van der Waals surface area contributed by atoms with E-state index in [4.69, 9.17) is 9.15 Å². The minimum atomic E-state index is -0.982. The Morgan fingerprint density at radius 1 is 1.29 bits per heavy atom. The van der Waals surface area contributed by atoms with Crippen molar-refractivity contribution in [2.24, 2.45) is 0 Å². The first-order valence-electron chi connectivity index (χ1n) is 10.4. The number of aromatic nitrogens is 1. The van der Waals surface area contributed by atoms with E-state index in [0.717, 1.165) is 23.5 Å². The number of ether oxygens (including phenoxy) is 1. The summed E-state index contributed by atoms with van der Waals surface area (Å²) in [7, 11) is 0. The van der Waals surface area contributed by atoms with E-state index in [1.807, 2.05) is 0 Å². The monoisotopic (exact) mass is 492 g/mol. The second-order valence-corrected chi connectivity index (χ2v) is 8.76. The zero-order valence-electron chi connectivity index (χ0n) is 18.3. The van der Waals surface area contributed by atoms with Crippen molar-refractivity contribution in [1.82, 2.24) is 4.98 Å². The number of rotatable bonds is 5. The number of amides is 1. The molecule has 0 unspecified atom stereocenters. The number of aryl methyl sites for hydroxylation is 1. The van der Waals surface area contributed by atoms with Gasteiger partial charge in [-0.3, -0.25) is 14.5 Å². The topological polar surface area (TPSA) is 110 Å². The molecule has 1 N–H and O–H groups in total. The third-order valence-electron chi connectivity index (χ3n) is 5.55. The Morgan fingerprint density at radius 3 is 2.74 bits per heavy atom. The molecule has 2 aromatic heterocycles. The predicted octanol–water partition coefficient (Wildman–Crippen LogP) is 4.50. The summed E-state index contributed by atoms with van der Waals surface area (Å²) in [5.74, 6) is -2.08. The number of carbonyl (C=O) groups is 2. The van der Waals surface area contributed by atoms with Crippen molar-refractivity contribution in [3.63, 3.8) is 0 Å². The fraction of sp³-hybridized carbons (Fsp3) is 0.120. The van der Waals surface area contributed by atoms with Crippen LogP contribution in [-0.2, 0) is 4.74 Å². The van der Waals surface area contributed by atoms with Crippen LogP contribution in [-0.4, -0.2) is 28.6 Å². The van der Waals surface area contributed by atoms with Crippen LogP contribution in [0.5, 0.6) is 5.75 Å². The molecule has 0 saturated heterocycles.